The summed E-state index contributed by atoms with van der Waals surface area (Å²) in [5, 5.41) is 9.62. The summed E-state index contributed by atoms with van der Waals surface area (Å²) in [7, 11) is 0. The molecule has 0 aromatic heterocycles. The van der Waals surface area contributed by atoms with Crippen molar-refractivity contribution in [2.75, 3.05) is 6.61 Å². The molecule has 0 aliphatic rings. The number of halogens is 1. The first-order valence-electron chi connectivity index (χ1n) is 4.64. The first-order valence-corrected chi connectivity index (χ1v) is 5.02. The summed E-state index contributed by atoms with van der Waals surface area (Å²) in [5.74, 6) is 0.460. The zero-order chi connectivity index (χ0) is 9.68. The molecule has 0 aliphatic carbocycles. The van der Waals surface area contributed by atoms with E-state index in [0.717, 1.165) is 17.9 Å². The van der Waals surface area contributed by atoms with Crippen LogP contribution in [-0.4, -0.2) is 11.7 Å². The maximum Gasteiger partial charge on any atom is 0.0436 e. The Bertz CT molecular complexity index is 243. The minimum atomic E-state index is 0.251. The van der Waals surface area contributed by atoms with Gasteiger partial charge in [-0.05, 0) is 36.5 Å². The Hall–Kier alpha value is -0.530. The van der Waals surface area contributed by atoms with Crippen molar-refractivity contribution in [2.24, 2.45) is 0 Å². The third kappa shape index (κ3) is 3.02. The van der Waals surface area contributed by atoms with Gasteiger partial charge in [0.2, 0.25) is 0 Å². The van der Waals surface area contributed by atoms with E-state index in [4.69, 9.17) is 16.7 Å². The number of aliphatic hydroxyl groups is 1. The Morgan fingerprint density at radius 2 is 1.92 bits per heavy atom. The van der Waals surface area contributed by atoms with Crippen LogP contribution in [0.4, 0.5) is 0 Å². The lowest BCUT2D eigenvalue weighted by Crippen LogP contribution is -1.99. The quantitative estimate of drug-likeness (QED) is 0.788. The van der Waals surface area contributed by atoms with E-state index < -0.39 is 0 Å². The summed E-state index contributed by atoms with van der Waals surface area (Å²) >= 11 is 5.79. The van der Waals surface area contributed by atoms with Crippen molar-refractivity contribution in [1.82, 2.24) is 0 Å². The van der Waals surface area contributed by atoms with Gasteiger partial charge in [0.15, 0.2) is 0 Å². The van der Waals surface area contributed by atoms with Crippen LogP contribution >= 0.6 is 11.6 Å². The average molecular weight is 199 g/mol. The van der Waals surface area contributed by atoms with Crippen LogP contribution in [0, 0.1) is 0 Å². The second kappa shape index (κ2) is 5.25. The Kier molecular flexibility index (Phi) is 4.26. The molecule has 2 heteroatoms. The second-order valence-electron chi connectivity index (χ2n) is 3.17. The molecule has 1 N–H and O–H groups in total. The van der Waals surface area contributed by atoms with Gasteiger partial charge in [-0.1, -0.05) is 30.7 Å². The summed E-state index contributed by atoms with van der Waals surface area (Å²) in [5.41, 5.74) is 1.26. The van der Waals surface area contributed by atoms with Crippen LogP contribution < -0.4 is 0 Å². The molecular formula is C11H15ClO. The van der Waals surface area contributed by atoms with Gasteiger partial charge in [0.25, 0.3) is 0 Å². The number of hydrogen-bond donors (Lipinski definition) is 1. The first-order chi connectivity index (χ1) is 6.27. The molecule has 1 nitrogen and oxygen atoms in total. The number of hydrogen-bond acceptors (Lipinski definition) is 1. The van der Waals surface area contributed by atoms with Crippen molar-refractivity contribution in [3.63, 3.8) is 0 Å². The summed E-state index contributed by atoms with van der Waals surface area (Å²) in [4.78, 5) is 0. The molecule has 13 heavy (non-hydrogen) atoms. The van der Waals surface area contributed by atoms with E-state index in [1.165, 1.54) is 5.56 Å². The molecule has 0 saturated carbocycles. The first kappa shape index (κ1) is 10.6. The van der Waals surface area contributed by atoms with E-state index in [1.807, 2.05) is 24.3 Å². The third-order valence-corrected chi connectivity index (χ3v) is 2.56. The number of aliphatic hydroxyl groups excluding tert-OH is 1. The van der Waals surface area contributed by atoms with Crippen molar-refractivity contribution in [2.45, 2.75) is 25.7 Å². The Morgan fingerprint density at radius 1 is 1.31 bits per heavy atom. The van der Waals surface area contributed by atoms with Crippen LogP contribution in [0.3, 0.4) is 0 Å². The van der Waals surface area contributed by atoms with Crippen LogP contribution in [0.5, 0.6) is 0 Å². The molecule has 0 aliphatic heterocycles. The lowest BCUT2D eigenvalue weighted by Gasteiger charge is -2.13. The summed E-state index contributed by atoms with van der Waals surface area (Å²) in [6.07, 6.45) is 1.89. The molecule has 0 radical (unpaired) electrons. The van der Waals surface area contributed by atoms with Gasteiger partial charge in [-0.15, -0.1) is 0 Å². The van der Waals surface area contributed by atoms with E-state index >= 15 is 0 Å². The minimum Gasteiger partial charge on any atom is -0.396 e. The smallest absolute Gasteiger partial charge is 0.0436 e. The average Bonchev–Trinajstić information content (AvgIpc) is 2.16. The van der Waals surface area contributed by atoms with Gasteiger partial charge in [0, 0.05) is 11.6 Å². The molecular weight excluding hydrogens is 184 g/mol. The zero-order valence-corrected chi connectivity index (χ0v) is 8.59. The van der Waals surface area contributed by atoms with Crippen molar-refractivity contribution < 1.29 is 5.11 Å². The predicted molar refractivity (Wildman–Crippen MR) is 56.2 cm³/mol. The van der Waals surface area contributed by atoms with E-state index in [1.54, 1.807) is 0 Å². The minimum absolute atomic E-state index is 0.251. The largest absolute Gasteiger partial charge is 0.396 e. The lowest BCUT2D eigenvalue weighted by atomic mass is 9.94. The van der Waals surface area contributed by atoms with Gasteiger partial charge in [0.1, 0.15) is 0 Å². The standard InChI is InChI=1S/C11H15ClO/c1-2-9(7-8-13)10-3-5-11(12)6-4-10/h3-6,9,13H,2,7-8H2,1H3. The monoisotopic (exact) mass is 198 g/mol. The third-order valence-electron chi connectivity index (χ3n) is 2.31. The van der Waals surface area contributed by atoms with Crippen LogP contribution in [0.15, 0.2) is 24.3 Å². The molecule has 0 heterocycles. The van der Waals surface area contributed by atoms with Gasteiger partial charge in [0.05, 0.1) is 0 Å². The van der Waals surface area contributed by atoms with E-state index in [0.29, 0.717) is 5.92 Å². The SMILES string of the molecule is CCC(CCO)c1ccc(Cl)cc1. The molecule has 0 fully saturated rings. The summed E-state index contributed by atoms with van der Waals surface area (Å²) in [6.45, 7) is 2.38. The Labute approximate surface area is 84.4 Å². The molecule has 1 aromatic carbocycles. The predicted octanol–water partition coefficient (Wildman–Crippen LogP) is 3.22. The molecule has 0 saturated heterocycles. The van der Waals surface area contributed by atoms with Gasteiger partial charge < -0.3 is 5.11 Å². The van der Waals surface area contributed by atoms with Crippen LogP contribution in [-0.2, 0) is 0 Å². The van der Waals surface area contributed by atoms with Crippen molar-refractivity contribution in [3.05, 3.63) is 34.9 Å². The maximum atomic E-state index is 8.86. The van der Waals surface area contributed by atoms with Gasteiger partial charge in [-0.2, -0.15) is 0 Å². The Balaban J connectivity index is 2.73. The van der Waals surface area contributed by atoms with E-state index in [-0.39, 0.29) is 6.61 Å². The molecule has 1 atom stereocenters. The second-order valence-corrected chi connectivity index (χ2v) is 3.61. The van der Waals surface area contributed by atoms with E-state index in [2.05, 4.69) is 6.92 Å². The highest BCUT2D eigenvalue weighted by Crippen LogP contribution is 2.23. The maximum absolute atomic E-state index is 8.86. The lowest BCUT2D eigenvalue weighted by molar-refractivity contribution is 0.274. The van der Waals surface area contributed by atoms with Gasteiger partial charge in [-0.25, -0.2) is 0 Å². The highest BCUT2D eigenvalue weighted by molar-refractivity contribution is 6.30. The fourth-order valence-electron chi connectivity index (χ4n) is 1.50. The Morgan fingerprint density at radius 3 is 2.38 bits per heavy atom. The zero-order valence-electron chi connectivity index (χ0n) is 7.83. The molecule has 0 bridgehead atoms. The van der Waals surface area contributed by atoms with Gasteiger partial charge in [-0.3, -0.25) is 0 Å². The topological polar surface area (TPSA) is 20.2 Å². The van der Waals surface area contributed by atoms with Crippen LogP contribution in [0.2, 0.25) is 5.02 Å². The number of benzene rings is 1. The number of rotatable bonds is 4. The summed E-state index contributed by atoms with van der Waals surface area (Å²) in [6, 6.07) is 7.87. The fraction of sp³-hybridized carbons (Fsp3) is 0.455. The van der Waals surface area contributed by atoms with Crippen molar-refractivity contribution in [3.8, 4) is 0 Å². The molecule has 1 unspecified atom stereocenters. The normalized spacial score (nSPS) is 12.8. The summed E-state index contributed by atoms with van der Waals surface area (Å²) < 4.78 is 0. The van der Waals surface area contributed by atoms with Crippen molar-refractivity contribution >= 4 is 11.6 Å². The molecule has 1 rings (SSSR count). The molecule has 72 valence electrons. The van der Waals surface area contributed by atoms with Gasteiger partial charge >= 0.3 is 0 Å². The molecule has 1 aromatic rings. The molecule has 0 amide bonds. The highest BCUT2D eigenvalue weighted by atomic mass is 35.5. The highest BCUT2D eigenvalue weighted by Gasteiger charge is 2.07. The van der Waals surface area contributed by atoms with Crippen LogP contribution in [0.25, 0.3) is 0 Å². The molecule has 0 spiro atoms. The van der Waals surface area contributed by atoms with Crippen LogP contribution in [0.1, 0.15) is 31.2 Å². The van der Waals surface area contributed by atoms with Crippen molar-refractivity contribution in [1.29, 1.82) is 0 Å². The fourth-order valence-corrected chi connectivity index (χ4v) is 1.62. The van der Waals surface area contributed by atoms with E-state index in [9.17, 15) is 0 Å².